The van der Waals surface area contributed by atoms with Crippen LogP contribution in [0.4, 0.5) is 0 Å². The number of nitrogens with one attached hydrogen (secondary N) is 1. The van der Waals surface area contributed by atoms with E-state index in [-0.39, 0.29) is 36.8 Å². The lowest BCUT2D eigenvalue weighted by molar-refractivity contribution is 0.0912. The Kier molecular flexibility index (Phi) is 8.05. The van der Waals surface area contributed by atoms with Gasteiger partial charge in [0.1, 0.15) is 4.88 Å². The summed E-state index contributed by atoms with van der Waals surface area (Å²) in [5.41, 5.74) is 5.80. The van der Waals surface area contributed by atoms with Gasteiger partial charge in [0.2, 0.25) is 0 Å². The molecule has 0 spiro atoms. The Morgan fingerprint density at radius 2 is 2.17 bits per heavy atom. The van der Waals surface area contributed by atoms with Crippen LogP contribution in [0.3, 0.4) is 0 Å². The summed E-state index contributed by atoms with van der Waals surface area (Å²) in [4.78, 5) is 17.2. The predicted octanol–water partition coefficient (Wildman–Crippen LogP) is 3.49. The van der Waals surface area contributed by atoms with Gasteiger partial charge in [-0.25, -0.2) is 4.98 Å². The Labute approximate surface area is 151 Å². The Hall–Kier alpha value is -1.08. The minimum absolute atomic E-state index is 0. The molecule has 3 rings (SSSR count). The molecule has 128 valence electrons. The lowest BCUT2D eigenvalue weighted by Gasteiger charge is -2.31. The third kappa shape index (κ3) is 4.70. The van der Waals surface area contributed by atoms with Crippen molar-refractivity contribution in [2.24, 2.45) is 11.7 Å². The van der Waals surface area contributed by atoms with Crippen molar-refractivity contribution in [2.45, 2.75) is 31.7 Å². The van der Waals surface area contributed by atoms with E-state index >= 15 is 0 Å². The highest BCUT2D eigenvalue weighted by Gasteiger charge is 2.26. The maximum absolute atomic E-state index is 12.3. The van der Waals surface area contributed by atoms with Gasteiger partial charge >= 0.3 is 0 Å². The van der Waals surface area contributed by atoms with Gasteiger partial charge in [-0.2, -0.15) is 0 Å². The largest absolute Gasteiger partial charge is 0.462 e. The van der Waals surface area contributed by atoms with E-state index in [0.717, 1.165) is 24.3 Å². The summed E-state index contributed by atoms with van der Waals surface area (Å²) in [6.07, 6.45) is 7.68. The predicted molar refractivity (Wildman–Crippen MR) is 96.6 cm³/mol. The third-order valence-corrected chi connectivity index (χ3v) is 5.00. The van der Waals surface area contributed by atoms with Crippen LogP contribution in [0.15, 0.2) is 29.0 Å². The molecule has 8 heteroatoms. The van der Waals surface area contributed by atoms with Crippen LogP contribution in [0.2, 0.25) is 0 Å². The molecule has 2 atom stereocenters. The van der Waals surface area contributed by atoms with Crippen LogP contribution in [0.25, 0.3) is 10.8 Å². The molecule has 1 aliphatic rings. The standard InChI is InChI=1S/C15H19N3O2S.2ClH/c16-8-10-4-1-2-5-11(10)18-14(19)13-9-17-15(21-13)12-6-3-7-20-12;;/h3,6-7,9-11H,1-2,4-5,8,16H2,(H,18,19);2*1H. The molecule has 1 aliphatic carbocycles. The van der Waals surface area contributed by atoms with Gasteiger partial charge in [-0.05, 0) is 37.4 Å². The van der Waals surface area contributed by atoms with Gasteiger partial charge in [0.05, 0.1) is 12.5 Å². The number of nitrogens with zero attached hydrogens (tertiary/aromatic N) is 1. The van der Waals surface area contributed by atoms with Gasteiger partial charge in [-0.15, -0.1) is 36.2 Å². The number of carbonyl (C=O) groups excluding carboxylic acids is 1. The fourth-order valence-electron chi connectivity index (χ4n) is 2.81. The summed E-state index contributed by atoms with van der Waals surface area (Å²) in [6.45, 7) is 0.630. The van der Waals surface area contributed by atoms with E-state index in [0.29, 0.717) is 23.1 Å². The van der Waals surface area contributed by atoms with Crippen molar-refractivity contribution in [2.75, 3.05) is 6.54 Å². The maximum atomic E-state index is 12.3. The van der Waals surface area contributed by atoms with Crippen molar-refractivity contribution in [1.82, 2.24) is 10.3 Å². The number of thiazole rings is 1. The minimum atomic E-state index is -0.0596. The highest BCUT2D eigenvalue weighted by molar-refractivity contribution is 7.16. The summed E-state index contributed by atoms with van der Waals surface area (Å²) < 4.78 is 5.30. The van der Waals surface area contributed by atoms with E-state index in [4.69, 9.17) is 10.2 Å². The van der Waals surface area contributed by atoms with Crippen molar-refractivity contribution in [3.8, 4) is 10.8 Å². The van der Waals surface area contributed by atoms with Crippen LogP contribution in [0.5, 0.6) is 0 Å². The summed E-state index contributed by atoms with van der Waals surface area (Å²) in [5.74, 6) is 1.02. The van der Waals surface area contributed by atoms with Gasteiger partial charge in [-0.3, -0.25) is 4.79 Å². The minimum Gasteiger partial charge on any atom is -0.462 e. The molecule has 1 fully saturated rings. The lowest BCUT2D eigenvalue weighted by Crippen LogP contribution is -2.44. The SMILES string of the molecule is Cl.Cl.NCC1CCCCC1NC(=O)c1cnc(-c2ccco2)s1. The molecule has 1 saturated carbocycles. The van der Waals surface area contributed by atoms with Crippen molar-refractivity contribution < 1.29 is 9.21 Å². The molecule has 0 saturated heterocycles. The van der Waals surface area contributed by atoms with Crippen molar-refractivity contribution in [3.05, 3.63) is 29.5 Å². The molecule has 2 aromatic heterocycles. The summed E-state index contributed by atoms with van der Waals surface area (Å²) in [5, 5.41) is 3.84. The number of rotatable bonds is 4. The Morgan fingerprint density at radius 1 is 1.39 bits per heavy atom. The monoisotopic (exact) mass is 377 g/mol. The smallest absolute Gasteiger partial charge is 0.263 e. The fraction of sp³-hybridized carbons (Fsp3) is 0.467. The molecule has 0 radical (unpaired) electrons. The van der Waals surface area contributed by atoms with Crippen LogP contribution >= 0.6 is 36.2 Å². The van der Waals surface area contributed by atoms with Gasteiger partial charge < -0.3 is 15.5 Å². The maximum Gasteiger partial charge on any atom is 0.263 e. The van der Waals surface area contributed by atoms with E-state index in [1.54, 1.807) is 12.5 Å². The van der Waals surface area contributed by atoms with Gasteiger partial charge in [-0.1, -0.05) is 12.8 Å². The molecule has 2 aromatic rings. The first kappa shape index (κ1) is 20.0. The number of halogens is 2. The Balaban J connectivity index is 0.00000132. The van der Waals surface area contributed by atoms with Gasteiger partial charge in [0, 0.05) is 6.04 Å². The third-order valence-electron chi connectivity index (χ3n) is 3.99. The lowest BCUT2D eigenvalue weighted by atomic mass is 9.84. The number of hydrogen-bond donors (Lipinski definition) is 2. The normalized spacial score (nSPS) is 20.2. The number of furan rings is 1. The molecule has 0 aliphatic heterocycles. The fourth-order valence-corrected chi connectivity index (χ4v) is 3.60. The summed E-state index contributed by atoms with van der Waals surface area (Å²) in [7, 11) is 0. The number of hydrogen-bond acceptors (Lipinski definition) is 5. The molecule has 1 amide bonds. The highest BCUT2D eigenvalue weighted by atomic mass is 35.5. The Bertz CT molecular complexity index is 604. The first-order valence-electron chi connectivity index (χ1n) is 7.28. The van der Waals surface area contributed by atoms with Crippen molar-refractivity contribution >= 4 is 42.1 Å². The topological polar surface area (TPSA) is 81.1 Å². The second-order valence-corrected chi connectivity index (χ2v) is 6.40. The van der Waals surface area contributed by atoms with E-state index in [1.165, 1.54) is 17.8 Å². The van der Waals surface area contributed by atoms with E-state index < -0.39 is 0 Å². The molecule has 2 heterocycles. The van der Waals surface area contributed by atoms with E-state index in [1.807, 2.05) is 12.1 Å². The molecule has 0 bridgehead atoms. The Morgan fingerprint density at radius 3 is 2.87 bits per heavy atom. The molecular weight excluding hydrogens is 357 g/mol. The first-order chi connectivity index (χ1) is 10.3. The van der Waals surface area contributed by atoms with Gasteiger partial charge in [0.25, 0.3) is 5.91 Å². The second-order valence-electron chi connectivity index (χ2n) is 5.37. The summed E-state index contributed by atoms with van der Waals surface area (Å²) in [6, 6.07) is 3.83. The van der Waals surface area contributed by atoms with Crippen molar-refractivity contribution in [1.29, 1.82) is 0 Å². The quantitative estimate of drug-likeness (QED) is 0.853. The zero-order chi connectivity index (χ0) is 14.7. The van der Waals surface area contributed by atoms with E-state index in [2.05, 4.69) is 10.3 Å². The molecule has 0 aromatic carbocycles. The molecule has 3 N–H and O–H groups in total. The molecule has 23 heavy (non-hydrogen) atoms. The number of amides is 1. The zero-order valence-electron chi connectivity index (χ0n) is 12.6. The van der Waals surface area contributed by atoms with Gasteiger partial charge in [0.15, 0.2) is 10.8 Å². The molecule has 2 unspecified atom stereocenters. The molecular formula is C15H21Cl2N3O2S. The molecule has 5 nitrogen and oxygen atoms in total. The highest BCUT2D eigenvalue weighted by Crippen LogP contribution is 2.27. The zero-order valence-corrected chi connectivity index (χ0v) is 15.0. The number of aromatic nitrogens is 1. The van der Waals surface area contributed by atoms with Crippen LogP contribution in [-0.4, -0.2) is 23.5 Å². The average Bonchev–Trinajstić information content (AvgIpc) is 3.18. The summed E-state index contributed by atoms with van der Waals surface area (Å²) >= 11 is 1.35. The second kappa shape index (κ2) is 9.27. The van der Waals surface area contributed by atoms with Crippen LogP contribution in [0, 0.1) is 5.92 Å². The van der Waals surface area contributed by atoms with Crippen LogP contribution < -0.4 is 11.1 Å². The number of carbonyl (C=O) groups is 1. The van der Waals surface area contributed by atoms with E-state index in [9.17, 15) is 4.79 Å². The van der Waals surface area contributed by atoms with Crippen molar-refractivity contribution in [3.63, 3.8) is 0 Å². The van der Waals surface area contributed by atoms with Crippen LogP contribution in [-0.2, 0) is 0 Å². The average molecular weight is 378 g/mol. The number of nitrogens with two attached hydrogens (primary N) is 1. The first-order valence-corrected chi connectivity index (χ1v) is 8.10. The van der Waals surface area contributed by atoms with Crippen LogP contribution in [0.1, 0.15) is 35.4 Å².